The first-order valence-corrected chi connectivity index (χ1v) is 5.53. The maximum Gasteiger partial charge on any atom is 0.222 e. The van der Waals surface area contributed by atoms with Gasteiger partial charge in [0.25, 0.3) is 0 Å². The maximum atomic E-state index is 5.92. The van der Waals surface area contributed by atoms with Gasteiger partial charge in [0, 0.05) is 29.4 Å². The van der Waals surface area contributed by atoms with Gasteiger partial charge in [-0.25, -0.2) is 4.98 Å². The highest BCUT2D eigenvalue weighted by molar-refractivity contribution is 6.30. The average molecular weight is 250 g/mol. The van der Waals surface area contributed by atoms with Crippen LogP contribution in [-0.2, 0) is 6.54 Å². The second kappa shape index (κ2) is 5.12. The van der Waals surface area contributed by atoms with Crippen molar-refractivity contribution in [3.63, 3.8) is 0 Å². The molecule has 5 heteroatoms. The van der Waals surface area contributed by atoms with Crippen molar-refractivity contribution < 1.29 is 4.74 Å². The molecule has 0 spiro atoms. The van der Waals surface area contributed by atoms with E-state index in [-0.39, 0.29) is 0 Å². The minimum Gasteiger partial charge on any atom is -0.439 e. The van der Waals surface area contributed by atoms with Gasteiger partial charge in [0.15, 0.2) is 0 Å². The van der Waals surface area contributed by atoms with E-state index in [1.807, 2.05) is 6.07 Å². The van der Waals surface area contributed by atoms with Crippen LogP contribution in [0.4, 0.5) is 0 Å². The SMILES string of the molecule is Cc1nccc(Oc2cc(Cl)ccc2CN)n1. The Morgan fingerprint density at radius 3 is 2.88 bits per heavy atom. The molecule has 2 rings (SSSR count). The van der Waals surface area contributed by atoms with Gasteiger partial charge in [0.05, 0.1) is 0 Å². The van der Waals surface area contributed by atoms with Crippen molar-refractivity contribution in [2.45, 2.75) is 13.5 Å². The van der Waals surface area contributed by atoms with E-state index >= 15 is 0 Å². The first kappa shape index (κ1) is 11.8. The smallest absolute Gasteiger partial charge is 0.222 e. The van der Waals surface area contributed by atoms with Crippen molar-refractivity contribution in [2.75, 3.05) is 0 Å². The third kappa shape index (κ3) is 2.93. The number of hydrogen-bond donors (Lipinski definition) is 1. The predicted octanol–water partition coefficient (Wildman–Crippen LogP) is 2.69. The highest BCUT2D eigenvalue weighted by Gasteiger charge is 2.06. The molecule has 0 unspecified atom stereocenters. The summed E-state index contributed by atoms with van der Waals surface area (Å²) in [6.45, 7) is 2.19. The standard InChI is InChI=1S/C12H12ClN3O/c1-8-15-5-4-12(16-8)17-11-6-10(13)3-2-9(11)7-14/h2-6H,7,14H2,1H3. The van der Waals surface area contributed by atoms with Gasteiger partial charge in [-0.15, -0.1) is 0 Å². The molecule has 4 nitrogen and oxygen atoms in total. The zero-order valence-corrected chi connectivity index (χ0v) is 10.1. The minimum atomic E-state index is 0.385. The van der Waals surface area contributed by atoms with Crippen LogP contribution in [0.15, 0.2) is 30.5 Å². The Morgan fingerprint density at radius 1 is 1.35 bits per heavy atom. The summed E-state index contributed by atoms with van der Waals surface area (Å²) in [5, 5.41) is 0.600. The van der Waals surface area contributed by atoms with E-state index in [9.17, 15) is 0 Å². The molecule has 2 aromatic rings. The molecular formula is C12H12ClN3O. The number of rotatable bonds is 3. The van der Waals surface area contributed by atoms with Crippen molar-refractivity contribution in [1.29, 1.82) is 0 Å². The molecule has 0 radical (unpaired) electrons. The summed E-state index contributed by atoms with van der Waals surface area (Å²) < 4.78 is 5.65. The van der Waals surface area contributed by atoms with E-state index in [2.05, 4.69) is 9.97 Å². The largest absolute Gasteiger partial charge is 0.439 e. The number of aryl methyl sites for hydroxylation is 1. The number of hydrogen-bond acceptors (Lipinski definition) is 4. The van der Waals surface area contributed by atoms with Crippen LogP contribution in [0.25, 0.3) is 0 Å². The third-order valence-corrected chi connectivity index (χ3v) is 2.45. The third-order valence-electron chi connectivity index (χ3n) is 2.21. The Balaban J connectivity index is 2.32. The molecule has 0 saturated heterocycles. The normalized spacial score (nSPS) is 10.3. The summed E-state index contributed by atoms with van der Waals surface area (Å²) in [6, 6.07) is 7.03. The predicted molar refractivity (Wildman–Crippen MR) is 66.2 cm³/mol. The van der Waals surface area contributed by atoms with Gasteiger partial charge in [-0.3, -0.25) is 0 Å². The van der Waals surface area contributed by atoms with Crippen LogP contribution in [0.1, 0.15) is 11.4 Å². The lowest BCUT2D eigenvalue weighted by atomic mass is 10.2. The van der Waals surface area contributed by atoms with Crippen LogP contribution in [0.5, 0.6) is 11.6 Å². The number of ether oxygens (including phenoxy) is 1. The number of nitrogens with two attached hydrogens (primary N) is 1. The maximum absolute atomic E-state index is 5.92. The molecule has 1 heterocycles. The molecule has 0 amide bonds. The fraction of sp³-hybridized carbons (Fsp3) is 0.167. The molecule has 0 aliphatic carbocycles. The lowest BCUT2D eigenvalue weighted by molar-refractivity contribution is 0.454. The fourth-order valence-corrected chi connectivity index (χ4v) is 1.56. The minimum absolute atomic E-state index is 0.385. The lowest BCUT2D eigenvalue weighted by Gasteiger charge is -2.09. The fourth-order valence-electron chi connectivity index (χ4n) is 1.40. The molecule has 2 N–H and O–H groups in total. The summed E-state index contributed by atoms with van der Waals surface area (Å²) in [6.07, 6.45) is 1.64. The van der Waals surface area contributed by atoms with Crippen molar-refractivity contribution >= 4 is 11.6 Å². The van der Waals surface area contributed by atoms with Crippen LogP contribution in [0, 0.1) is 6.92 Å². The van der Waals surface area contributed by atoms with Crippen LogP contribution in [0.3, 0.4) is 0 Å². The van der Waals surface area contributed by atoms with Crippen LogP contribution in [-0.4, -0.2) is 9.97 Å². The summed E-state index contributed by atoms with van der Waals surface area (Å²) in [5.74, 6) is 1.76. The van der Waals surface area contributed by atoms with Gasteiger partial charge in [-0.05, 0) is 19.1 Å². The van der Waals surface area contributed by atoms with E-state index in [0.29, 0.717) is 29.0 Å². The molecule has 0 atom stereocenters. The molecule has 1 aromatic heterocycles. The summed E-state index contributed by atoms with van der Waals surface area (Å²) in [5.41, 5.74) is 6.51. The number of aromatic nitrogens is 2. The van der Waals surface area contributed by atoms with E-state index in [0.717, 1.165) is 5.56 Å². The monoisotopic (exact) mass is 249 g/mol. The van der Waals surface area contributed by atoms with Gasteiger partial charge in [0.2, 0.25) is 5.88 Å². The molecule has 88 valence electrons. The zero-order valence-electron chi connectivity index (χ0n) is 9.35. The topological polar surface area (TPSA) is 61.0 Å². The number of halogens is 1. The Labute approximate surface area is 104 Å². The zero-order chi connectivity index (χ0) is 12.3. The molecule has 0 aliphatic rings. The van der Waals surface area contributed by atoms with E-state index in [4.69, 9.17) is 22.1 Å². The molecule has 0 bridgehead atoms. The van der Waals surface area contributed by atoms with Gasteiger partial charge in [-0.1, -0.05) is 17.7 Å². The lowest BCUT2D eigenvalue weighted by Crippen LogP contribution is -2.00. The summed E-state index contributed by atoms with van der Waals surface area (Å²) in [4.78, 5) is 8.16. The number of benzene rings is 1. The molecule has 0 fully saturated rings. The average Bonchev–Trinajstić information content (AvgIpc) is 2.29. The molecular weight excluding hydrogens is 238 g/mol. The van der Waals surface area contributed by atoms with Crippen LogP contribution in [0.2, 0.25) is 5.02 Å². The van der Waals surface area contributed by atoms with Crippen molar-refractivity contribution in [1.82, 2.24) is 9.97 Å². The molecule has 1 aromatic carbocycles. The molecule has 0 saturated carbocycles. The van der Waals surface area contributed by atoms with Crippen LogP contribution < -0.4 is 10.5 Å². The van der Waals surface area contributed by atoms with Crippen molar-refractivity contribution in [2.24, 2.45) is 5.73 Å². The number of nitrogens with zero attached hydrogens (tertiary/aromatic N) is 2. The Kier molecular flexibility index (Phi) is 3.56. The van der Waals surface area contributed by atoms with Gasteiger partial charge < -0.3 is 10.5 Å². The first-order chi connectivity index (χ1) is 8.19. The van der Waals surface area contributed by atoms with Crippen LogP contribution >= 0.6 is 11.6 Å². The highest BCUT2D eigenvalue weighted by Crippen LogP contribution is 2.27. The quantitative estimate of drug-likeness (QED) is 0.909. The van der Waals surface area contributed by atoms with Gasteiger partial charge in [0.1, 0.15) is 11.6 Å². The molecule has 17 heavy (non-hydrogen) atoms. The summed E-state index contributed by atoms with van der Waals surface area (Å²) in [7, 11) is 0. The van der Waals surface area contributed by atoms with E-state index in [1.165, 1.54) is 0 Å². The Morgan fingerprint density at radius 2 is 2.18 bits per heavy atom. The summed E-state index contributed by atoms with van der Waals surface area (Å²) >= 11 is 5.92. The van der Waals surface area contributed by atoms with Gasteiger partial charge in [-0.2, -0.15) is 4.98 Å². The van der Waals surface area contributed by atoms with Crippen molar-refractivity contribution in [3.05, 3.63) is 46.9 Å². The van der Waals surface area contributed by atoms with Crippen molar-refractivity contribution in [3.8, 4) is 11.6 Å². The molecule has 0 aliphatic heterocycles. The second-order valence-electron chi connectivity index (χ2n) is 3.50. The Bertz CT molecular complexity index is 531. The van der Waals surface area contributed by atoms with Gasteiger partial charge >= 0.3 is 0 Å². The highest BCUT2D eigenvalue weighted by atomic mass is 35.5. The van der Waals surface area contributed by atoms with E-state index in [1.54, 1.807) is 31.3 Å². The first-order valence-electron chi connectivity index (χ1n) is 5.15. The second-order valence-corrected chi connectivity index (χ2v) is 3.94. The van der Waals surface area contributed by atoms with E-state index < -0.39 is 0 Å². The Hall–Kier alpha value is -1.65.